The highest BCUT2D eigenvalue weighted by atomic mass is 79.9. The molecular weight excluding hydrogens is 646 g/mol. The lowest BCUT2D eigenvalue weighted by molar-refractivity contribution is -0.139. The van der Waals surface area contributed by atoms with Gasteiger partial charge in [0.2, 0.25) is 11.8 Å². The SMILES string of the molecule is CNC(=O)[C@@H](Cc1ccccc1)N(Cc1ccc(Br)cc1)C(=O)CN(c1ccc2c(c1)OCCO2)S(=O)(=O)c1ccccc1. The fourth-order valence-electron chi connectivity index (χ4n) is 4.94. The number of halogens is 1. The first-order valence-electron chi connectivity index (χ1n) is 14.0. The highest BCUT2D eigenvalue weighted by Crippen LogP contribution is 2.36. The van der Waals surface area contributed by atoms with Crippen LogP contribution in [0.3, 0.4) is 0 Å². The number of amides is 2. The monoisotopic (exact) mass is 677 g/mol. The van der Waals surface area contributed by atoms with Crippen molar-refractivity contribution in [1.29, 1.82) is 0 Å². The molecule has 0 radical (unpaired) electrons. The zero-order valence-electron chi connectivity index (χ0n) is 24.1. The predicted molar refractivity (Wildman–Crippen MR) is 171 cm³/mol. The number of anilines is 1. The van der Waals surface area contributed by atoms with Crippen molar-refractivity contribution < 1.29 is 27.5 Å². The molecule has 44 heavy (non-hydrogen) atoms. The summed E-state index contributed by atoms with van der Waals surface area (Å²) in [5, 5.41) is 2.69. The summed E-state index contributed by atoms with van der Waals surface area (Å²) in [5.74, 6) is -0.0424. The molecule has 2 amide bonds. The van der Waals surface area contributed by atoms with Crippen LogP contribution < -0.4 is 19.1 Å². The summed E-state index contributed by atoms with van der Waals surface area (Å²) < 4.78 is 41.5. The Hall–Kier alpha value is -4.35. The number of fused-ring (bicyclic) bond motifs is 1. The Morgan fingerprint density at radius 2 is 1.48 bits per heavy atom. The van der Waals surface area contributed by atoms with E-state index in [2.05, 4.69) is 21.2 Å². The van der Waals surface area contributed by atoms with Crippen molar-refractivity contribution in [3.63, 3.8) is 0 Å². The van der Waals surface area contributed by atoms with Gasteiger partial charge in [-0.05, 0) is 47.5 Å². The van der Waals surface area contributed by atoms with Gasteiger partial charge in [-0.3, -0.25) is 13.9 Å². The van der Waals surface area contributed by atoms with Crippen LogP contribution in [0, 0.1) is 0 Å². The van der Waals surface area contributed by atoms with Gasteiger partial charge in [-0.25, -0.2) is 8.42 Å². The fourth-order valence-corrected chi connectivity index (χ4v) is 6.63. The molecule has 4 aromatic rings. The first kappa shape index (κ1) is 31.1. The zero-order valence-corrected chi connectivity index (χ0v) is 26.5. The standard InChI is InChI=1S/C33H32BrN3O6S/c1-35-33(39)29(20-24-8-4-2-5-9-24)36(22-25-12-14-26(34)15-13-25)32(38)23-37(44(40,41)28-10-6-3-7-11-28)27-16-17-30-31(21-27)43-19-18-42-30/h2-17,21,29H,18-20,22-23H2,1H3,(H,35,39)/t29-/m1/s1. The van der Waals surface area contributed by atoms with E-state index in [0.717, 1.165) is 19.9 Å². The Morgan fingerprint density at radius 1 is 0.841 bits per heavy atom. The minimum absolute atomic E-state index is 0.0225. The van der Waals surface area contributed by atoms with Crippen molar-refractivity contribution in [2.75, 3.05) is 31.1 Å². The first-order chi connectivity index (χ1) is 21.3. The number of nitrogens with one attached hydrogen (secondary N) is 1. The molecule has 1 aliphatic heterocycles. The van der Waals surface area contributed by atoms with Gasteiger partial charge in [0, 0.05) is 30.6 Å². The second kappa shape index (κ2) is 14.0. The molecule has 0 saturated heterocycles. The molecule has 0 aliphatic carbocycles. The molecule has 0 bridgehead atoms. The smallest absolute Gasteiger partial charge is 0.264 e. The molecule has 1 N–H and O–H groups in total. The molecule has 228 valence electrons. The molecule has 0 spiro atoms. The average molecular weight is 679 g/mol. The van der Waals surface area contributed by atoms with Gasteiger partial charge in [0.05, 0.1) is 10.6 Å². The quantitative estimate of drug-likeness (QED) is 0.245. The number of nitrogens with zero attached hydrogens (tertiary/aromatic N) is 2. The van der Waals surface area contributed by atoms with Crippen LogP contribution in [0.25, 0.3) is 0 Å². The topological polar surface area (TPSA) is 105 Å². The van der Waals surface area contributed by atoms with Crippen LogP contribution >= 0.6 is 15.9 Å². The van der Waals surface area contributed by atoms with Crippen LogP contribution in [-0.4, -0.2) is 58.0 Å². The van der Waals surface area contributed by atoms with Crippen LogP contribution in [0.5, 0.6) is 11.5 Å². The van der Waals surface area contributed by atoms with E-state index in [1.165, 1.54) is 24.1 Å². The van der Waals surface area contributed by atoms with Gasteiger partial charge in [0.1, 0.15) is 25.8 Å². The van der Waals surface area contributed by atoms with Gasteiger partial charge in [-0.2, -0.15) is 0 Å². The third kappa shape index (κ3) is 7.23. The zero-order chi connectivity index (χ0) is 31.1. The minimum atomic E-state index is -4.22. The Bertz CT molecular complexity index is 1700. The van der Waals surface area contributed by atoms with E-state index in [1.807, 2.05) is 54.6 Å². The van der Waals surface area contributed by atoms with E-state index in [-0.39, 0.29) is 29.5 Å². The van der Waals surface area contributed by atoms with Crippen LogP contribution in [0.15, 0.2) is 112 Å². The molecule has 9 nitrogen and oxygen atoms in total. The molecule has 1 aliphatic rings. The highest BCUT2D eigenvalue weighted by molar-refractivity contribution is 9.10. The molecule has 4 aromatic carbocycles. The van der Waals surface area contributed by atoms with E-state index < -0.39 is 28.5 Å². The highest BCUT2D eigenvalue weighted by Gasteiger charge is 2.34. The number of sulfonamides is 1. The van der Waals surface area contributed by atoms with Gasteiger partial charge < -0.3 is 19.7 Å². The van der Waals surface area contributed by atoms with Gasteiger partial charge in [0.25, 0.3) is 10.0 Å². The molecule has 0 fully saturated rings. The molecule has 1 atom stereocenters. The number of likely N-dealkylation sites (N-methyl/N-ethyl adjacent to an activating group) is 1. The predicted octanol–water partition coefficient (Wildman–Crippen LogP) is 4.80. The molecule has 0 aromatic heterocycles. The van der Waals surface area contributed by atoms with Crippen LogP contribution in [0.4, 0.5) is 5.69 Å². The van der Waals surface area contributed by atoms with E-state index in [0.29, 0.717) is 24.7 Å². The van der Waals surface area contributed by atoms with Gasteiger partial charge in [-0.1, -0.05) is 76.6 Å². The maximum Gasteiger partial charge on any atom is 0.264 e. The second-order valence-corrected chi connectivity index (χ2v) is 12.9. The summed E-state index contributed by atoms with van der Waals surface area (Å²) in [4.78, 5) is 29.2. The van der Waals surface area contributed by atoms with Gasteiger partial charge in [0.15, 0.2) is 11.5 Å². The van der Waals surface area contributed by atoms with Crippen molar-refractivity contribution in [2.45, 2.75) is 23.9 Å². The molecule has 1 heterocycles. The number of benzene rings is 4. The van der Waals surface area contributed by atoms with Crippen molar-refractivity contribution in [3.8, 4) is 11.5 Å². The Morgan fingerprint density at radius 3 is 2.14 bits per heavy atom. The molecular formula is C33H32BrN3O6S. The third-order valence-corrected chi connectivity index (χ3v) is 9.52. The lowest BCUT2D eigenvalue weighted by Gasteiger charge is -2.33. The summed E-state index contributed by atoms with van der Waals surface area (Å²) in [6.07, 6.45) is 0.234. The lowest BCUT2D eigenvalue weighted by Crippen LogP contribution is -2.53. The van der Waals surface area contributed by atoms with E-state index in [9.17, 15) is 18.0 Å². The van der Waals surface area contributed by atoms with Crippen molar-refractivity contribution in [1.82, 2.24) is 10.2 Å². The largest absolute Gasteiger partial charge is 0.486 e. The van der Waals surface area contributed by atoms with Crippen LogP contribution in [0.1, 0.15) is 11.1 Å². The Balaban J connectivity index is 1.57. The number of rotatable bonds is 11. The molecule has 5 rings (SSSR count). The number of ether oxygens (including phenoxy) is 2. The van der Waals surface area contributed by atoms with Gasteiger partial charge in [-0.15, -0.1) is 0 Å². The number of hydrogen-bond donors (Lipinski definition) is 1. The van der Waals surface area contributed by atoms with E-state index in [4.69, 9.17) is 9.47 Å². The first-order valence-corrected chi connectivity index (χ1v) is 16.3. The minimum Gasteiger partial charge on any atom is -0.486 e. The summed E-state index contributed by atoms with van der Waals surface area (Å²) in [7, 11) is -2.70. The van der Waals surface area contributed by atoms with Gasteiger partial charge >= 0.3 is 0 Å². The number of carbonyl (C=O) groups is 2. The second-order valence-electron chi connectivity index (χ2n) is 10.1. The lowest BCUT2D eigenvalue weighted by atomic mass is 10.0. The maximum atomic E-state index is 14.4. The van der Waals surface area contributed by atoms with E-state index in [1.54, 1.807) is 36.4 Å². The fraction of sp³-hybridized carbons (Fsp3) is 0.212. The molecule has 11 heteroatoms. The Kier molecular flexibility index (Phi) is 9.86. The molecule has 0 unspecified atom stereocenters. The van der Waals surface area contributed by atoms with E-state index >= 15 is 0 Å². The average Bonchev–Trinajstić information content (AvgIpc) is 3.06. The molecule has 0 saturated carbocycles. The summed E-state index contributed by atoms with van der Waals surface area (Å²) in [5.41, 5.74) is 1.87. The van der Waals surface area contributed by atoms with Crippen LogP contribution in [0.2, 0.25) is 0 Å². The number of hydrogen-bond acceptors (Lipinski definition) is 6. The third-order valence-electron chi connectivity index (χ3n) is 7.21. The van der Waals surface area contributed by atoms with Crippen molar-refractivity contribution >= 4 is 43.5 Å². The maximum absolute atomic E-state index is 14.4. The van der Waals surface area contributed by atoms with Crippen molar-refractivity contribution in [3.05, 3.63) is 119 Å². The van der Waals surface area contributed by atoms with Crippen LogP contribution in [-0.2, 0) is 32.6 Å². The summed E-state index contributed by atoms with van der Waals surface area (Å²) >= 11 is 3.44. The Labute approximate surface area is 265 Å². The van der Waals surface area contributed by atoms with Crippen molar-refractivity contribution in [2.24, 2.45) is 0 Å². The summed E-state index contributed by atoms with van der Waals surface area (Å²) in [6.45, 7) is 0.215. The number of carbonyl (C=O) groups excluding carboxylic acids is 2. The summed E-state index contributed by atoms with van der Waals surface area (Å²) in [6, 6.07) is 28.6. The normalized spacial score (nSPS) is 13.0.